The van der Waals surface area contributed by atoms with Gasteiger partial charge in [0.15, 0.2) is 0 Å². The molecule has 1 rings (SSSR count). The van der Waals surface area contributed by atoms with Crippen LogP contribution in [-0.4, -0.2) is 16.1 Å². The number of nitrogens with zero attached hydrogens (tertiary/aromatic N) is 1. The Morgan fingerprint density at radius 1 is 1.33 bits per heavy atom. The molecule has 1 unspecified atom stereocenters. The smallest absolute Gasteiger partial charge is 0.254 e. The molecule has 0 fully saturated rings. The molecule has 0 bridgehead atoms. The van der Waals surface area contributed by atoms with Gasteiger partial charge in [0.1, 0.15) is 5.82 Å². The molecule has 1 aromatic rings. The SMILES string of the molecule is CCCCCCC(C)Oc1cc(=O)[nH]c(CC)n1. The number of hydrogen-bond donors (Lipinski definition) is 1. The minimum atomic E-state index is -0.143. The van der Waals surface area contributed by atoms with Crippen LogP contribution in [0.5, 0.6) is 5.88 Å². The van der Waals surface area contributed by atoms with Crippen molar-refractivity contribution >= 4 is 0 Å². The number of aryl methyl sites for hydroxylation is 1. The third-order valence-electron chi connectivity index (χ3n) is 2.89. The van der Waals surface area contributed by atoms with Gasteiger partial charge in [0.2, 0.25) is 5.88 Å². The molecule has 0 saturated heterocycles. The molecule has 4 nitrogen and oxygen atoms in total. The van der Waals surface area contributed by atoms with Crippen molar-refractivity contribution < 1.29 is 4.74 Å². The molecule has 0 spiro atoms. The van der Waals surface area contributed by atoms with Gasteiger partial charge in [-0.15, -0.1) is 0 Å². The fourth-order valence-electron chi connectivity index (χ4n) is 1.84. The Hall–Kier alpha value is -1.32. The van der Waals surface area contributed by atoms with E-state index in [1.54, 1.807) is 0 Å². The van der Waals surface area contributed by atoms with Crippen LogP contribution in [0.2, 0.25) is 0 Å². The molecule has 0 aliphatic carbocycles. The van der Waals surface area contributed by atoms with Crippen molar-refractivity contribution in [1.29, 1.82) is 0 Å². The number of H-pyrrole nitrogens is 1. The van der Waals surface area contributed by atoms with Gasteiger partial charge >= 0.3 is 0 Å². The molecule has 0 amide bonds. The quantitative estimate of drug-likeness (QED) is 0.723. The van der Waals surface area contributed by atoms with E-state index in [4.69, 9.17) is 4.74 Å². The van der Waals surface area contributed by atoms with Gasteiger partial charge < -0.3 is 9.72 Å². The van der Waals surface area contributed by atoms with Gasteiger partial charge in [-0.1, -0.05) is 33.1 Å². The minimum absolute atomic E-state index is 0.112. The van der Waals surface area contributed by atoms with Crippen molar-refractivity contribution in [3.8, 4) is 5.88 Å². The van der Waals surface area contributed by atoms with Crippen LogP contribution in [0.1, 0.15) is 58.7 Å². The lowest BCUT2D eigenvalue weighted by molar-refractivity contribution is 0.197. The van der Waals surface area contributed by atoms with Crippen LogP contribution in [-0.2, 0) is 6.42 Å². The van der Waals surface area contributed by atoms with Gasteiger partial charge in [0.25, 0.3) is 5.56 Å². The predicted molar refractivity (Wildman–Crippen MR) is 73.1 cm³/mol. The van der Waals surface area contributed by atoms with E-state index in [9.17, 15) is 4.79 Å². The molecule has 1 N–H and O–H groups in total. The minimum Gasteiger partial charge on any atom is -0.474 e. The monoisotopic (exact) mass is 252 g/mol. The van der Waals surface area contributed by atoms with Crippen molar-refractivity contribution in [1.82, 2.24) is 9.97 Å². The van der Waals surface area contributed by atoms with Crippen LogP contribution in [0.15, 0.2) is 10.9 Å². The second-order valence-electron chi connectivity index (χ2n) is 4.66. The maximum atomic E-state index is 11.4. The van der Waals surface area contributed by atoms with E-state index in [0.717, 1.165) is 6.42 Å². The van der Waals surface area contributed by atoms with Crippen LogP contribution >= 0.6 is 0 Å². The maximum Gasteiger partial charge on any atom is 0.254 e. The first-order valence-corrected chi connectivity index (χ1v) is 6.92. The summed E-state index contributed by atoms with van der Waals surface area (Å²) in [5.41, 5.74) is -0.143. The lowest BCUT2D eigenvalue weighted by atomic mass is 10.1. The van der Waals surface area contributed by atoms with Gasteiger partial charge in [-0.05, 0) is 19.8 Å². The van der Waals surface area contributed by atoms with Crippen LogP contribution in [0.25, 0.3) is 0 Å². The zero-order chi connectivity index (χ0) is 13.4. The van der Waals surface area contributed by atoms with Crippen LogP contribution < -0.4 is 10.3 Å². The van der Waals surface area contributed by atoms with Crippen molar-refractivity contribution in [3.63, 3.8) is 0 Å². The standard InChI is InChI=1S/C14H24N2O2/c1-4-6-7-8-9-11(3)18-14-10-13(17)15-12(5-2)16-14/h10-11H,4-9H2,1-3H3,(H,15,16,17). The van der Waals surface area contributed by atoms with Crippen molar-refractivity contribution in [2.45, 2.75) is 65.4 Å². The first-order chi connectivity index (χ1) is 8.65. The molecule has 102 valence electrons. The average molecular weight is 252 g/mol. The predicted octanol–water partition coefficient (Wildman–Crippen LogP) is 3.07. The summed E-state index contributed by atoms with van der Waals surface area (Å²) in [6.45, 7) is 6.18. The number of ether oxygens (including phenoxy) is 1. The zero-order valence-corrected chi connectivity index (χ0v) is 11.7. The summed E-state index contributed by atoms with van der Waals surface area (Å²) in [5, 5.41) is 0. The Labute approximate surface area is 109 Å². The molecule has 4 heteroatoms. The third kappa shape index (κ3) is 5.34. The van der Waals surface area contributed by atoms with Gasteiger partial charge in [-0.25, -0.2) is 4.98 Å². The second kappa shape index (κ2) is 7.90. The first kappa shape index (κ1) is 14.7. The van der Waals surface area contributed by atoms with E-state index in [-0.39, 0.29) is 11.7 Å². The average Bonchev–Trinajstić information content (AvgIpc) is 2.34. The lowest BCUT2D eigenvalue weighted by Crippen LogP contribution is -2.17. The fourth-order valence-corrected chi connectivity index (χ4v) is 1.84. The summed E-state index contributed by atoms with van der Waals surface area (Å²) >= 11 is 0. The van der Waals surface area contributed by atoms with E-state index in [2.05, 4.69) is 16.9 Å². The summed E-state index contributed by atoms with van der Waals surface area (Å²) in [7, 11) is 0. The van der Waals surface area contributed by atoms with Crippen LogP contribution in [0, 0.1) is 0 Å². The molecule has 0 aliphatic rings. The topological polar surface area (TPSA) is 55.0 Å². The summed E-state index contributed by atoms with van der Waals surface area (Å²) in [5.74, 6) is 1.12. The molecule has 0 saturated carbocycles. The van der Waals surface area contributed by atoms with Gasteiger partial charge in [0.05, 0.1) is 12.2 Å². The molecule has 0 aromatic carbocycles. The van der Waals surface area contributed by atoms with Gasteiger partial charge in [-0.2, -0.15) is 0 Å². The van der Waals surface area contributed by atoms with Crippen LogP contribution in [0.4, 0.5) is 0 Å². The molecule has 0 aliphatic heterocycles. The first-order valence-electron chi connectivity index (χ1n) is 6.92. The highest BCUT2D eigenvalue weighted by Gasteiger charge is 2.06. The van der Waals surface area contributed by atoms with Crippen molar-refractivity contribution in [2.24, 2.45) is 0 Å². The summed E-state index contributed by atoms with van der Waals surface area (Å²) in [4.78, 5) is 18.3. The number of rotatable bonds is 8. The highest BCUT2D eigenvalue weighted by Crippen LogP contribution is 2.11. The van der Waals surface area contributed by atoms with E-state index >= 15 is 0 Å². The Bertz CT molecular complexity index is 401. The van der Waals surface area contributed by atoms with E-state index in [1.165, 1.54) is 31.7 Å². The number of hydrogen-bond acceptors (Lipinski definition) is 3. The Kier molecular flexibility index (Phi) is 6.47. The largest absolute Gasteiger partial charge is 0.474 e. The highest BCUT2D eigenvalue weighted by molar-refractivity contribution is 5.09. The Morgan fingerprint density at radius 2 is 2.11 bits per heavy atom. The molecule has 1 heterocycles. The van der Waals surface area contributed by atoms with Gasteiger partial charge in [0, 0.05) is 6.42 Å². The molecule has 1 atom stereocenters. The normalized spacial score (nSPS) is 12.4. The Morgan fingerprint density at radius 3 is 2.78 bits per heavy atom. The number of aromatic amines is 1. The lowest BCUT2D eigenvalue weighted by Gasteiger charge is -2.13. The van der Waals surface area contributed by atoms with Crippen molar-refractivity contribution in [3.05, 3.63) is 22.2 Å². The number of nitrogens with one attached hydrogen (secondary N) is 1. The number of aromatic nitrogens is 2. The number of unbranched alkanes of at least 4 members (excludes halogenated alkanes) is 3. The summed E-state index contributed by atoms with van der Waals surface area (Å²) in [6, 6.07) is 1.42. The van der Waals surface area contributed by atoms with E-state index in [0.29, 0.717) is 18.1 Å². The van der Waals surface area contributed by atoms with Crippen molar-refractivity contribution in [2.75, 3.05) is 0 Å². The molecular formula is C14H24N2O2. The summed E-state index contributed by atoms with van der Waals surface area (Å²) in [6.07, 6.45) is 6.75. The third-order valence-corrected chi connectivity index (χ3v) is 2.89. The Balaban J connectivity index is 2.45. The van der Waals surface area contributed by atoms with E-state index in [1.807, 2.05) is 13.8 Å². The summed E-state index contributed by atoms with van der Waals surface area (Å²) < 4.78 is 5.69. The molecule has 18 heavy (non-hydrogen) atoms. The molecular weight excluding hydrogens is 228 g/mol. The highest BCUT2D eigenvalue weighted by atomic mass is 16.5. The molecule has 0 radical (unpaired) electrons. The van der Waals surface area contributed by atoms with Gasteiger partial charge in [-0.3, -0.25) is 4.79 Å². The zero-order valence-electron chi connectivity index (χ0n) is 11.7. The van der Waals surface area contributed by atoms with E-state index < -0.39 is 0 Å². The fraction of sp³-hybridized carbons (Fsp3) is 0.714. The molecule has 1 aromatic heterocycles. The second-order valence-corrected chi connectivity index (χ2v) is 4.66. The van der Waals surface area contributed by atoms with Crippen LogP contribution in [0.3, 0.4) is 0 Å². The maximum absolute atomic E-state index is 11.4.